The number of hydrogen-bond donors (Lipinski definition) is 3. The third kappa shape index (κ3) is 16.1. The van der Waals surface area contributed by atoms with Crippen molar-refractivity contribution < 1.29 is 28.2 Å². The zero-order valence-corrected chi connectivity index (χ0v) is 31.7. The van der Waals surface area contributed by atoms with Crippen molar-refractivity contribution >= 4 is 19.9 Å². The number of rotatable bonds is 21. The number of halogens is 1. The fourth-order valence-electron chi connectivity index (χ4n) is 5.90. The van der Waals surface area contributed by atoms with Gasteiger partial charge < -0.3 is 29.5 Å². The molecule has 0 saturated carbocycles. The number of nitrogens with zero attached hydrogens (tertiary/aromatic N) is 4. The van der Waals surface area contributed by atoms with Crippen molar-refractivity contribution in [1.29, 1.82) is 5.26 Å². The summed E-state index contributed by atoms with van der Waals surface area (Å²) in [6, 6.07) is 9.46. The lowest BCUT2D eigenvalue weighted by Crippen LogP contribution is -2.29. The maximum Gasteiger partial charge on any atom is 0.329 e. The standard InChI is InChI=1S/C28H49N4O4P.C8H6FNO.C2H6/c1-3-4-5-6-7-8-9-10-11-12-13-14-15-16-21-34-37(33)35-22-28(2)20-19-26(36-28)24-17-18-25-27(29)30-23-31-32(24)25;9-8-2-6(4-10)1-7(3-8)5-11;1-2/h17-18,23,26,33H,3-16,19-22H2,1-2H3,(H2,29,30,31);1-3,11H,5H2;1-2H3/t26?,28-,37?;;/m0../s1. The van der Waals surface area contributed by atoms with E-state index in [1.807, 2.05) is 32.9 Å². The lowest BCUT2D eigenvalue weighted by atomic mass is 10.0. The topological polar surface area (TPSA) is 148 Å². The summed E-state index contributed by atoms with van der Waals surface area (Å²) in [5.74, 6) is -0.0414. The van der Waals surface area contributed by atoms with E-state index < -0.39 is 20.0 Å². The first kappa shape index (κ1) is 43.5. The Balaban J connectivity index is 0.000000561. The summed E-state index contributed by atoms with van der Waals surface area (Å²) in [6.07, 6.45) is 21.5. The van der Waals surface area contributed by atoms with E-state index >= 15 is 0 Å². The molecule has 0 amide bonds. The molecule has 1 aliphatic heterocycles. The summed E-state index contributed by atoms with van der Waals surface area (Å²) >= 11 is 0. The molecule has 0 spiro atoms. The molecule has 10 nitrogen and oxygen atoms in total. The van der Waals surface area contributed by atoms with Crippen molar-refractivity contribution in [2.45, 2.75) is 149 Å². The second-order valence-corrected chi connectivity index (χ2v) is 13.8. The van der Waals surface area contributed by atoms with Gasteiger partial charge in [0.1, 0.15) is 23.8 Å². The number of aromatic nitrogens is 3. The number of nitrogen functional groups attached to an aromatic ring is 1. The number of hydrogen-bond acceptors (Lipinski definition) is 9. The summed E-state index contributed by atoms with van der Waals surface area (Å²) in [5.41, 5.74) is 7.85. The molecular weight excluding hydrogens is 656 g/mol. The van der Waals surface area contributed by atoms with E-state index in [4.69, 9.17) is 29.9 Å². The predicted molar refractivity (Wildman–Crippen MR) is 199 cm³/mol. The van der Waals surface area contributed by atoms with Gasteiger partial charge in [-0.25, -0.2) is 13.9 Å². The van der Waals surface area contributed by atoms with E-state index in [0.717, 1.165) is 43.0 Å². The first-order valence-electron chi connectivity index (χ1n) is 18.6. The van der Waals surface area contributed by atoms with Gasteiger partial charge in [-0.05, 0) is 62.1 Å². The Labute approximate surface area is 300 Å². The Hall–Kier alpha value is -2.71. The van der Waals surface area contributed by atoms with Gasteiger partial charge in [-0.2, -0.15) is 10.4 Å². The van der Waals surface area contributed by atoms with Crippen molar-refractivity contribution in [3.63, 3.8) is 0 Å². The normalized spacial score (nSPS) is 17.4. The summed E-state index contributed by atoms with van der Waals surface area (Å²) < 4.78 is 31.8. The van der Waals surface area contributed by atoms with Crippen LogP contribution in [0.2, 0.25) is 0 Å². The second kappa shape index (κ2) is 25.3. The van der Waals surface area contributed by atoms with E-state index in [-0.39, 0.29) is 18.3 Å². The molecule has 1 aliphatic rings. The van der Waals surface area contributed by atoms with Gasteiger partial charge in [0.25, 0.3) is 0 Å². The van der Waals surface area contributed by atoms with Gasteiger partial charge in [-0.1, -0.05) is 104 Å². The maximum absolute atomic E-state index is 12.5. The monoisotopic (exact) mass is 717 g/mol. The zero-order valence-electron chi connectivity index (χ0n) is 30.8. The number of anilines is 1. The lowest BCUT2D eigenvalue weighted by molar-refractivity contribution is -0.0603. The fourth-order valence-corrected chi connectivity index (χ4v) is 6.65. The van der Waals surface area contributed by atoms with E-state index in [9.17, 15) is 9.28 Å². The van der Waals surface area contributed by atoms with E-state index in [0.29, 0.717) is 24.6 Å². The van der Waals surface area contributed by atoms with Gasteiger partial charge in [0.15, 0.2) is 5.82 Å². The maximum atomic E-state index is 12.5. The zero-order chi connectivity index (χ0) is 36.6. The summed E-state index contributed by atoms with van der Waals surface area (Å²) in [4.78, 5) is 14.2. The van der Waals surface area contributed by atoms with Crippen LogP contribution in [0.5, 0.6) is 0 Å². The molecule has 280 valence electrons. The van der Waals surface area contributed by atoms with Gasteiger partial charge in [-0.15, -0.1) is 0 Å². The largest absolute Gasteiger partial charge is 0.392 e. The van der Waals surface area contributed by atoms with Crippen LogP contribution in [-0.4, -0.2) is 43.4 Å². The quantitative estimate of drug-likeness (QED) is 0.0723. The number of fused-ring (bicyclic) bond motifs is 1. The average molecular weight is 718 g/mol. The van der Waals surface area contributed by atoms with Crippen LogP contribution in [0.25, 0.3) is 5.52 Å². The molecule has 3 atom stereocenters. The van der Waals surface area contributed by atoms with Crippen molar-refractivity contribution in [3.8, 4) is 6.07 Å². The first-order chi connectivity index (χ1) is 24.3. The number of nitrogens with two attached hydrogens (primary N) is 1. The van der Waals surface area contributed by atoms with Gasteiger partial charge in [0.2, 0.25) is 0 Å². The molecule has 50 heavy (non-hydrogen) atoms. The SMILES string of the molecule is CC.CCCCCCCCCCCCCCCCOP(O)OC[C@]1(C)CCC(c2ccc3c(N)ncnn23)O1.N#Cc1cc(F)cc(CO)c1. The van der Waals surface area contributed by atoms with Crippen LogP contribution < -0.4 is 5.73 Å². The van der Waals surface area contributed by atoms with Crippen LogP contribution in [0.4, 0.5) is 10.2 Å². The molecule has 1 aromatic carbocycles. The van der Waals surface area contributed by atoms with Crippen molar-refractivity contribution in [2.24, 2.45) is 0 Å². The van der Waals surface area contributed by atoms with Gasteiger partial charge >= 0.3 is 8.60 Å². The van der Waals surface area contributed by atoms with Crippen molar-refractivity contribution in [3.05, 3.63) is 59.3 Å². The Kier molecular flexibility index (Phi) is 22.0. The van der Waals surface area contributed by atoms with Crippen LogP contribution >= 0.6 is 8.60 Å². The third-order valence-corrected chi connectivity index (χ3v) is 9.41. The molecule has 2 aromatic heterocycles. The average Bonchev–Trinajstić information content (AvgIpc) is 3.74. The van der Waals surface area contributed by atoms with Crippen LogP contribution in [-0.2, 0) is 20.4 Å². The molecule has 2 unspecified atom stereocenters. The molecule has 0 aliphatic carbocycles. The number of aliphatic hydroxyl groups excluding tert-OH is 1. The molecule has 1 fully saturated rings. The van der Waals surface area contributed by atoms with E-state index in [1.54, 1.807) is 10.6 Å². The number of aliphatic hydroxyl groups is 1. The van der Waals surface area contributed by atoms with Crippen LogP contribution in [0.1, 0.15) is 153 Å². The van der Waals surface area contributed by atoms with E-state index in [1.165, 1.54) is 95.5 Å². The minimum atomic E-state index is -1.88. The third-order valence-electron chi connectivity index (χ3n) is 8.65. The second-order valence-electron chi connectivity index (χ2n) is 12.9. The van der Waals surface area contributed by atoms with Crippen LogP contribution in [0.3, 0.4) is 0 Å². The minimum Gasteiger partial charge on any atom is -0.392 e. The smallest absolute Gasteiger partial charge is 0.329 e. The Morgan fingerprint density at radius 3 is 2.22 bits per heavy atom. The van der Waals surface area contributed by atoms with Crippen LogP contribution in [0.15, 0.2) is 36.7 Å². The highest BCUT2D eigenvalue weighted by atomic mass is 31.2. The number of ether oxygens (including phenoxy) is 1. The number of nitriles is 1. The molecule has 4 N–H and O–H groups in total. The van der Waals surface area contributed by atoms with E-state index in [2.05, 4.69) is 17.0 Å². The molecule has 3 aromatic rings. The first-order valence-corrected chi connectivity index (χ1v) is 19.7. The Bertz CT molecular complexity index is 1390. The fraction of sp³-hybridized carbons (Fsp3) is 0.658. The molecule has 0 radical (unpaired) electrons. The van der Waals surface area contributed by atoms with Crippen LogP contribution in [0, 0.1) is 17.1 Å². The molecule has 12 heteroatoms. The number of benzene rings is 1. The highest BCUT2D eigenvalue weighted by Gasteiger charge is 2.39. The molecule has 1 saturated heterocycles. The van der Waals surface area contributed by atoms with Crippen molar-refractivity contribution in [2.75, 3.05) is 18.9 Å². The summed E-state index contributed by atoms with van der Waals surface area (Å²) in [5, 5.41) is 21.3. The summed E-state index contributed by atoms with van der Waals surface area (Å²) in [6.45, 7) is 8.88. The predicted octanol–water partition coefficient (Wildman–Crippen LogP) is 9.87. The number of unbranched alkanes of at least 4 members (excludes halogenated alkanes) is 13. The van der Waals surface area contributed by atoms with Gasteiger partial charge in [-0.3, -0.25) is 0 Å². The molecular formula is C38H61FN5O5P. The highest BCUT2D eigenvalue weighted by Crippen LogP contribution is 2.43. The molecule has 4 rings (SSSR count). The molecule has 3 heterocycles. The lowest BCUT2D eigenvalue weighted by Gasteiger charge is -2.25. The Morgan fingerprint density at radius 1 is 1.00 bits per heavy atom. The van der Waals surface area contributed by atoms with Gasteiger partial charge in [0.05, 0.1) is 42.7 Å². The minimum absolute atomic E-state index is 0.105. The highest BCUT2D eigenvalue weighted by molar-refractivity contribution is 7.40. The summed E-state index contributed by atoms with van der Waals surface area (Å²) in [7, 11) is -1.88. The van der Waals surface area contributed by atoms with Gasteiger partial charge in [0, 0.05) is 0 Å². The van der Waals surface area contributed by atoms with Crippen molar-refractivity contribution in [1.82, 2.24) is 14.6 Å². The Morgan fingerprint density at radius 2 is 1.62 bits per heavy atom. The molecule has 0 bridgehead atoms.